The minimum atomic E-state index is 1.13. The van der Waals surface area contributed by atoms with E-state index in [1.807, 2.05) is 12.3 Å². The molecular weight excluding hydrogens is 230 g/mol. The van der Waals surface area contributed by atoms with Gasteiger partial charge in [0.15, 0.2) is 0 Å². The van der Waals surface area contributed by atoms with Crippen molar-refractivity contribution >= 4 is 0 Å². The van der Waals surface area contributed by atoms with E-state index in [2.05, 4.69) is 49.2 Å². The van der Waals surface area contributed by atoms with E-state index >= 15 is 0 Å². The quantitative estimate of drug-likeness (QED) is 0.646. The van der Waals surface area contributed by atoms with Crippen molar-refractivity contribution in [2.24, 2.45) is 0 Å². The maximum atomic E-state index is 4.55. The van der Waals surface area contributed by atoms with Crippen molar-refractivity contribution in [3.63, 3.8) is 0 Å². The van der Waals surface area contributed by atoms with Crippen LogP contribution in [-0.2, 0) is 6.42 Å². The fourth-order valence-electron chi connectivity index (χ4n) is 2.48. The third kappa shape index (κ3) is 3.66. The first kappa shape index (κ1) is 13.8. The van der Waals surface area contributed by atoms with Crippen LogP contribution in [0.4, 0.5) is 0 Å². The first-order valence-corrected chi connectivity index (χ1v) is 7.33. The molecule has 2 aromatic rings. The molecule has 0 spiro atoms. The summed E-state index contributed by atoms with van der Waals surface area (Å²) in [5.41, 5.74) is 5.12. The number of nitrogens with zero attached hydrogens (tertiary/aromatic N) is 1. The third-order valence-electron chi connectivity index (χ3n) is 3.58. The van der Waals surface area contributed by atoms with Crippen molar-refractivity contribution < 1.29 is 0 Å². The van der Waals surface area contributed by atoms with Crippen LogP contribution in [0.25, 0.3) is 11.3 Å². The fraction of sp³-hybridized carbons (Fsp3) is 0.389. The van der Waals surface area contributed by atoms with Gasteiger partial charge in [-0.25, -0.2) is 0 Å². The largest absolute Gasteiger partial charge is 0.256 e. The van der Waals surface area contributed by atoms with Gasteiger partial charge in [-0.3, -0.25) is 4.98 Å². The number of aryl methyl sites for hydroxylation is 2. The molecule has 0 aliphatic heterocycles. The van der Waals surface area contributed by atoms with Crippen LogP contribution < -0.4 is 0 Å². The Morgan fingerprint density at radius 1 is 0.947 bits per heavy atom. The first-order chi connectivity index (χ1) is 9.33. The van der Waals surface area contributed by atoms with Crippen LogP contribution in [0.5, 0.6) is 0 Å². The summed E-state index contributed by atoms with van der Waals surface area (Å²) in [4.78, 5) is 4.55. The van der Waals surface area contributed by atoms with Gasteiger partial charge >= 0.3 is 0 Å². The van der Waals surface area contributed by atoms with Crippen LogP contribution in [-0.4, -0.2) is 4.98 Å². The Kier molecular flexibility index (Phi) is 5.14. The second kappa shape index (κ2) is 7.08. The molecule has 0 atom stereocenters. The molecule has 0 saturated carbocycles. The molecule has 1 nitrogen and oxygen atoms in total. The minimum Gasteiger partial charge on any atom is -0.256 e. The molecule has 1 heteroatoms. The van der Waals surface area contributed by atoms with Gasteiger partial charge in [0.2, 0.25) is 0 Å². The van der Waals surface area contributed by atoms with E-state index in [0.717, 1.165) is 12.1 Å². The second-order valence-electron chi connectivity index (χ2n) is 5.14. The van der Waals surface area contributed by atoms with Gasteiger partial charge in [0.05, 0.1) is 5.69 Å². The predicted molar refractivity (Wildman–Crippen MR) is 82.3 cm³/mol. The summed E-state index contributed by atoms with van der Waals surface area (Å²) < 4.78 is 0. The molecule has 0 bridgehead atoms. The van der Waals surface area contributed by atoms with Gasteiger partial charge in [-0.15, -0.1) is 0 Å². The Labute approximate surface area is 116 Å². The Hall–Kier alpha value is -1.63. The van der Waals surface area contributed by atoms with Gasteiger partial charge in [-0.05, 0) is 37.0 Å². The number of pyridine rings is 1. The van der Waals surface area contributed by atoms with E-state index in [-0.39, 0.29) is 0 Å². The number of aromatic nitrogens is 1. The molecule has 1 heterocycles. The molecule has 2 rings (SSSR count). The van der Waals surface area contributed by atoms with Gasteiger partial charge in [0.1, 0.15) is 0 Å². The molecule has 100 valence electrons. The van der Waals surface area contributed by atoms with E-state index in [9.17, 15) is 0 Å². The molecule has 0 fully saturated rings. The normalized spacial score (nSPS) is 10.6. The standard InChI is InChI=1S/C18H23N/c1-3-4-5-6-11-16-12-7-8-13-17(16)18-15(2)10-9-14-19-18/h7-10,12-14H,3-6,11H2,1-2H3. The summed E-state index contributed by atoms with van der Waals surface area (Å²) in [6.07, 6.45) is 8.27. The molecule has 0 saturated heterocycles. The number of hydrogen-bond acceptors (Lipinski definition) is 1. The lowest BCUT2D eigenvalue weighted by atomic mass is 9.97. The lowest BCUT2D eigenvalue weighted by molar-refractivity contribution is 0.667. The SMILES string of the molecule is CCCCCCc1ccccc1-c1ncccc1C. The van der Waals surface area contributed by atoms with Crippen molar-refractivity contribution in [1.82, 2.24) is 4.98 Å². The highest BCUT2D eigenvalue weighted by atomic mass is 14.7. The summed E-state index contributed by atoms with van der Waals surface area (Å²) in [7, 11) is 0. The van der Waals surface area contributed by atoms with E-state index < -0.39 is 0 Å². The summed E-state index contributed by atoms with van der Waals surface area (Å²) in [5.74, 6) is 0. The molecule has 0 aliphatic rings. The van der Waals surface area contributed by atoms with Crippen LogP contribution in [0.2, 0.25) is 0 Å². The number of rotatable bonds is 6. The molecular formula is C18H23N. The lowest BCUT2D eigenvalue weighted by Crippen LogP contribution is -1.94. The molecule has 0 amide bonds. The summed E-state index contributed by atoms with van der Waals surface area (Å²) in [5, 5.41) is 0. The van der Waals surface area contributed by atoms with Gasteiger partial charge in [0, 0.05) is 11.8 Å². The van der Waals surface area contributed by atoms with E-state index in [1.165, 1.54) is 42.4 Å². The Bertz CT molecular complexity index is 517. The van der Waals surface area contributed by atoms with Crippen molar-refractivity contribution in [2.45, 2.75) is 46.0 Å². The minimum absolute atomic E-state index is 1.13. The zero-order valence-corrected chi connectivity index (χ0v) is 12.0. The summed E-state index contributed by atoms with van der Waals surface area (Å²) >= 11 is 0. The number of benzene rings is 1. The van der Waals surface area contributed by atoms with Crippen molar-refractivity contribution in [2.75, 3.05) is 0 Å². The van der Waals surface area contributed by atoms with Crippen molar-refractivity contribution in [3.8, 4) is 11.3 Å². The monoisotopic (exact) mass is 253 g/mol. The molecule has 0 N–H and O–H groups in total. The number of hydrogen-bond donors (Lipinski definition) is 0. The van der Waals surface area contributed by atoms with E-state index in [1.54, 1.807) is 0 Å². The van der Waals surface area contributed by atoms with Crippen LogP contribution in [0.3, 0.4) is 0 Å². The van der Waals surface area contributed by atoms with Gasteiger partial charge in [0.25, 0.3) is 0 Å². The van der Waals surface area contributed by atoms with Gasteiger partial charge < -0.3 is 0 Å². The second-order valence-corrected chi connectivity index (χ2v) is 5.14. The lowest BCUT2D eigenvalue weighted by Gasteiger charge is -2.10. The van der Waals surface area contributed by atoms with Crippen molar-refractivity contribution in [1.29, 1.82) is 0 Å². The Balaban J connectivity index is 2.19. The summed E-state index contributed by atoms with van der Waals surface area (Å²) in [6.45, 7) is 4.39. The maximum Gasteiger partial charge on any atom is 0.0733 e. The van der Waals surface area contributed by atoms with Crippen molar-refractivity contribution in [3.05, 3.63) is 53.7 Å². The number of unbranched alkanes of at least 4 members (excludes halogenated alkanes) is 3. The molecule has 0 radical (unpaired) electrons. The zero-order valence-electron chi connectivity index (χ0n) is 12.0. The maximum absolute atomic E-state index is 4.55. The smallest absolute Gasteiger partial charge is 0.0733 e. The molecule has 1 aromatic heterocycles. The van der Waals surface area contributed by atoms with Crippen LogP contribution in [0.15, 0.2) is 42.6 Å². The predicted octanol–water partition coefficient (Wildman–Crippen LogP) is 5.18. The Morgan fingerprint density at radius 2 is 1.79 bits per heavy atom. The van der Waals surface area contributed by atoms with Crippen LogP contribution in [0, 0.1) is 6.92 Å². The third-order valence-corrected chi connectivity index (χ3v) is 3.58. The molecule has 0 unspecified atom stereocenters. The van der Waals surface area contributed by atoms with E-state index in [0.29, 0.717) is 0 Å². The fourth-order valence-corrected chi connectivity index (χ4v) is 2.48. The first-order valence-electron chi connectivity index (χ1n) is 7.33. The average Bonchev–Trinajstić information content (AvgIpc) is 2.45. The van der Waals surface area contributed by atoms with Crippen LogP contribution >= 0.6 is 0 Å². The highest BCUT2D eigenvalue weighted by molar-refractivity contribution is 5.66. The molecule has 19 heavy (non-hydrogen) atoms. The highest BCUT2D eigenvalue weighted by Crippen LogP contribution is 2.25. The average molecular weight is 253 g/mol. The topological polar surface area (TPSA) is 12.9 Å². The van der Waals surface area contributed by atoms with Gasteiger partial charge in [-0.2, -0.15) is 0 Å². The van der Waals surface area contributed by atoms with Crippen LogP contribution in [0.1, 0.15) is 43.7 Å². The summed E-state index contributed by atoms with van der Waals surface area (Å²) in [6, 6.07) is 12.8. The highest BCUT2D eigenvalue weighted by Gasteiger charge is 2.07. The Morgan fingerprint density at radius 3 is 2.58 bits per heavy atom. The van der Waals surface area contributed by atoms with Gasteiger partial charge in [-0.1, -0.05) is 56.5 Å². The zero-order chi connectivity index (χ0) is 13.5. The molecule has 0 aliphatic carbocycles. The van der Waals surface area contributed by atoms with E-state index in [4.69, 9.17) is 0 Å². The molecule has 1 aromatic carbocycles.